The van der Waals surface area contributed by atoms with E-state index in [0.29, 0.717) is 5.92 Å². The molecule has 0 spiro atoms. The van der Waals surface area contributed by atoms with Gasteiger partial charge in [0.05, 0.1) is 0 Å². The van der Waals surface area contributed by atoms with Crippen LogP contribution in [0.15, 0.2) is 0 Å². The van der Waals surface area contributed by atoms with E-state index in [4.69, 9.17) is 0 Å². The smallest absolute Gasteiger partial charge is 0.248 e. The molecule has 2 atom stereocenters. The van der Waals surface area contributed by atoms with E-state index >= 15 is 0 Å². The highest BCUT2D eigenvalue weighted by molar-refractivity contribution is 5.99. The van der Waals surface area contributed by atoms with Gasteiger partial charge in [-0.05, 0) is 32.6 Å². The third-order valence-corrected chi connectivity index (χ3v) is 4.47. The molecule has 21 heavy (non-hydrogen) atoms. The van der Waals surface area contributed by atoms with Crippen molar-refractivity contribution in [1.82, 2.24) is 10.2 Å². The summed E-state index contributed by atoms with van der Waals surface area (Å²) >= 11 is 0. The second-order valence-corrected chi connectivity index (χ2v) is 6.79. The fourth-order valence-corrected chi connectivity index (χ4v) is 3.05. The predicted molar refractivity (Wildman–Crippen MR) is 85.9 cm³/mol. The lowest BCUT2D eigenvalue weighted by Crippen LogP contribution is -2.68. The number of carbonyl (C=O) groups excluding carboxylic acids is 2. The topological polar surface area (TPSA) is 49.4 Å². The molecule has 0 saturated carbocycles. The van der Waals surface area contributed by atoms with Gasteiger partial charge in [0, 0.05) is 6.54 Å². The lowest BCUT2D eigenvalue weighted by molar-refractivity contribution is -0.154. The first-order valence-electron chi connectivity index (χ1n) is 8.50. The fraction of sp³-hybridized carbons (Fsp3) is 0.882. The maximum absolute atomic E-state index is 12.7. The predicted octanol–water partition coefficient (Wildman–Crippen LogP) is 3.11. The third kappa shape index (κ3) is 4.45. The number of rotatable bonds is 8. The van der Waals surface area contributed by atoms with Gasteiger partial charge in [0.25, 0.3) is 0 Å². The Morgan fingerprint density at radius 3 is 2.38 bits per heavy atom. The zero-order valence-electron chi connectivity index (χ0n) is 14.4. The maximum Gasteiger partial charge on any atom is 0.248 e. The van der Waals surface area contributed by atoms with Crippen LogP contribution in [0.2, 0.25) is 0 Å². The van der Waals surface area contributed by atoms with Crippen LogP contribution in [0.25, 0.3) is 0 Å². The number of nitrogens with zero attached hydrogens (tertiary/aromatic N) is 1. The molecule has 0 aliphatic carbocycles. The van der Waals surface area contributed by atoms with E-state index in [0.717, 1.165) is 32.2 Å². The first-order valence-corrected chi connectivity index (χ1v) is 8.50. The van der Waals surface area contributed by atoms with Crippen LogP contribution in [0.5, 0.6) is 0 Å². The molecule has 0 aromatic heterocycles. The van der Waals surface area contributed by atoms with Crippen molar-refractivity contribution in [3.8, 4) is 0 Å². The molecule has 1 aliphatic heterocycles. The van der Waals surface area contributed by atoms with Gasteiger partial charge in [-0.3, -0.25) is 9.59 Å². The van der Waals surface area contributed by atoms with Crippen molar-refractivity contribution in [3.05, 3.63) is 0 Å². The normalized spacial score (nSPS) is 23.1. The second-order valence-electron chi connectivity index (χ2n) is 6.79. The Morgan fingerprint density at radius 1 is 1.19 bits per heavy atom. The molecule has 4 heteroatoms. The molecule has 2 amide bonds. The van der Waals surface area contributed by atoms with Crippen molar-refractivity contribution in [2.75, 3.05) is 6.54 Å². The first kappa shape index (κ1) is 18.0. The minimum Gasteiger partial charge on any atom is -0.340 e. The van der Waals surface area contributed by atoms with Gasteiger partial charge in [0.15, 0.2) is 0 Å². The molecular formula is C17H32N2O2. The zero-order chi connectivity index (χ0) is 16.0. The van der Waals surface area contributed by atoms with Crippen LogP contribution in [0.1, 0.15) is 73.1 Å². The Morgan fingerprint density at radius 2 is 1.86 bits per heavy atom. The molecule has 4 nitrogen and oxygen atoms in total. The minimum atomic E-state index is -0.773. The van der Waals surface area contributed by atoms with Crippen LogP contribution in [0.3, 0.4) is 0 Å². The highest BCUT2D eigenvalue weighted by atomic mass is 16.2. The molecule has 0 bridgehead atoms. The molecule has 2 unspecified atom stereocenters. The standard InChI is InChI=1S/C17H32N2O2/c1-6-9-11-13(8-3)12-19-14(10-7-2)15(20)18-17(4,5)16(19)21/h13-14H,6-12H2,1-5H3,(H,18,20). The Balaban J connectivity index is 2.88. The minimum absolute atomic E-state index is 0.00629. The summed E-state index contributed by atoms with van der Waals surface area (Å²) in [5, 5.41) is 2.87. The summed E-state index contributed by atoms with van der Waals surface area (Å²) in [5.41, 5.74) is -0.773. The molecule has 0 aromatic carbocycles. The van der Waals surface area contributed by atoms with Crippen LogP contribution in [0.4, 0.5) is 0 Å². The highest BCUT2D eigenvalue weighted by Crippen LogP contribution is 2.24. The molecule has 1 fully saturated rings. The van der Waals surface area contributed by atoms with Gasteiger partial charge in [0.2, 0.25) is 11.8 Å². The number of hydrogen-bond donors (Lipinski definition) is 1. The van der Waals surface area contributed by atoms with Crippen molar-refractivity contribution in [2.45, 2.75) is 84.7 Å². The third-order valence-electron chi connectivity index (χ3n) is 4.47. The van der Waals surface area contributed by atoms with E-state index in [-0.39, 0.29) is 17.9 Å². The van der Waals surface area contributed by atoms with E-state index in [9.17, 15) is 9.59 Å². The van der Waals surface area contributed by atoms with Crippen LogP contribution >= 0.6 is 0 Å². The summed E-state index contributed by atoms with van der Waals surface area (Å²) in [5.74, 6) is 0.567. The Labute approximate surface area is 129 Å². The molecule has 0 aromatic rings. The number of unbranched alkanes of at least 4 members (excludes halogenated alkanes) is 1. The van der Waals surface area contributed by atoms with Gasteiger partial charge in [-0.15, -0.1) is 0 Å². The highest BCUT2D eigenvalue weighted by Gasteiger charge is 2.45. The van der Waals surface area contributed by atoms with Crippen LogP contribution in [-0.4, -0.2) is 34.8 Å². The van der Waals surface area contributed by atoms with Crippen molar-refractivity contribution < 1.29 is 9.59 Å². The molecule has 1 saturated heterocycles. The van der Waals surface area contributed by atoms with Gasteiger partial charge in [-0.2, -0.15) is 0 Å². The van der Waals surface area contributed by atoms with E-state index < -0.39 is 5.54 Å². The maximum atomic E-state index is 12.7. The van der Waals surface area contributed by atoms with Crippen molar-refractivity contribution in [3.63, 3.8) is 0 Å². The number of nitrogens with one attached hydrogen (secondary N) is 1. The molecule has 1 N–H and O–H groups in total. The molecular weight excluding hydrogens is 264 g/mol. The summed E-state index contributed by atoms with van der Waals surface area (Å²) < 4.78 is 0. The number of hydrogen-bond acceptors (Lipinski definition) is 2. The molecule has 1 aliphatic rings. The van der Waals surface area contributed by atoms with E-state index in [1.165, 1.54) is 12.8 Å². The summed E-state index contributed by atoms with van der Waals surface area (Å²) in [6, 6.07) is -0.286. The monoisotopic (exact) mass is 296 g/mol. The van der Waals surface area contributed by atoms with E-state index in [1.807, 2.05) is 4.90 Å². The summed E-state index contributed by atoms with van der Waals surface area (Å²) in [6.45, 7) is 10.7. The number of amides is 2. The number of piperazine rings is 1. The number of carbonyl (C=O) groups is 2. The van der Waals surface area contributed by atoms with Crippen molar-refractivity contribution in [2.24, 2.45) is 5.92 Å². The summed E-state index contributed by atoms with van der Waals surface area (Å²) in [4.78, 5) is 26.9. The Hall–Kier alpha value is -1.06. The van der Waals surface area contributed by atoms with Gasteiger partial charge in [-0.25, -0.2) is 0 Å². The van der Waals surface area contributed by atoms with E-state index in [2.05, 4.69) is 26.1 Å². The van der Waals surface area contributed by atoms with E-state index in [1.54, 1.807) is 13.8 Å². The molecule has 0 radical (unpaired) electrons. The first-order chi connectivity index (χ1) is 9.87. The lowest BCUT2D eigenvalue weighted by atomic mass is 9.91. The fourth-order valence-electron chi connectivity index (χ4n) is 3.05. The van der Waals surface area contributed by atoms with Crippen molar-refractivity contribution >= 4 is 11.8 Å². The quantitative estimate of drug-likeness (QED) is 0.748. The van der Waals surface area contributed by atoms with Gasteiger partial charge in [0.1, 0.15) is 11.6 Å². The zero-order valence-corrected chi connectivity index (χ0v) is 14.4. The van der Waals surface area contributed by atoms with Gasteiger partial charge >= 0.3 is 0 Å². The SMILES string of the molecule is CCCCC(CC)CN1C(=O)C(C)(C)NC(=O)C1CCC. The molecule has 122 valence electrons. The second kappa shape index (κ2) is 7.81. The largest absolute Gasteiger partial charge is 0.340 e. The average molecular weight is 296 g/mol. The Kier molecular flexibility index (Phi) is 6.69. The summed E-state index contributed by atoms with van der Waals surface area (Å²) in [6.07, 6.45) is 6.22. The van der Waals surface area contributed by atoms with Crippen LogP contribution in [0, 0.1) is 5.92 Å². The van der Waals surface area contributed by atoms with Gasteiger partial charge < -0.3 is 10.2 Å². The lowest BCUT2D eigenvalue weighted by Gasteiger charge is -2.44. The average Bonchev–Trinajstić information content (AvgIpc) is 2.43. The molecule has 1 rings (SSSR count). The van der Waals surface area contributed by atoms with Gasteiger partial charge in [-0.1, -0.05) is 46.5 Å². The summed E-state index contributed by atoms with van der Waals surface area (Å²) in [7, 11) is 0. The van der Waals surface area contributed by atoms with Crippen LogP contribution in [-0.2, 0) is 9.59 Å². The van der Waals surface area contributed by atoms with Crippen LogP contribution < -0.4 is 5.32 Å². The Bertz CT molecular complexity index is 366. The van der Waals surface area contributed by atoms with Crippen molar-refractivity contribution in [1.29, 1.82) is 0 Å². The molecule has 1 heterocycles.